The predicted molar refractivity (Wildman–Crippen MR) is 159 cm³/mol. The van der Waals surface area contributed by atoms with Crippen LogP contribution in [0.3, 0.4) is 0 Å². The van der Waals surface area contributed by atoms with Gasteiger partial charge < -0.3 is 19.7 Å². The number of methoxy groups -OCH3 is 1. The summed E-state index contributed by atoms with van der Waals surface area (Å²) in [7, 11) is -2.59. The largest absolute Gasteiger partial charge is 0.497 e. The van der Waals surface area contributed by atoms with Gasteiger partial charge in [-0.25, -0.2) is 8.42 Å². The molecule has 0 aliphatic heterocycles. The fourth-order valence-electron chi connectivity index (χ4n) is 4.10. The van der Waals surface area contributed by atoms with Crippen LogP contribution in [-0.4, -0.2) is 57.5 Å². The number of nitrogens with zero attached hydrogens (tertiary/aromatic N) is 2. The Morgan fingerprint density at radius 2 is 1.49 bits per heavy atom. The van der Waals surface area contributed by atoms with Gasteiger partial charge in [0, 0.05) is 12.6 Å². The molecule has 0 radical (unpaired) electrons. The molecule has 0 saturated heterocycles. The smallest absolute Gasteiger partial charge is 0.264 e. The maximum Gasteiger partial charge on any atom is 0.264 e. The lowest BCUT2D eigenvalue weighted by Gasteiger charge is -2.32. The van der Waals surface area contributed by atoms with Crippen molar-refractivity contribution in [3.63, 3.8) is 0 Å². The van der Waals surface area contributed by atoms with Crippen LogP contribution < -0.4 is 19.1 Å². The van der Waals surface area contributed by atoms with Crippen molar-refractivity contribution in [2.45, 2.75) is 57.6 Å². The number of anilines is 1. The first-order valence-electron chi connectivity index (χ1n) is 13.6. The highest BCUT2D eigenvalue weighted by Gasteiger charge is 2.32. The zero-order valence-electron chi connectivity index (χ0n) is 24.2. The third-order valence-corrected chi connectivity index (χ3v) is 8.51. The van der Waals surface area contributed by atoms with Crippen molar-refractivity contribution in [1.82, 2.24) is 10.2 Å². The topological polar surface area (TPSA) is 105 Å². The molecule has 0 spiro atoms. The molecule has 0 aliphatic rings. The minimum absolute atomic E-state index is 0.0156. The molecule has 1 N–H and O–H groups in total. The molecular weight excluding hydrogens is 542 g/mol. The van der Waals surface area contributed by atoms with E-state index in [0.29, 0.717) is 23.8 Å². The van der Waals surface area contributed by atoms with E-state index < -0.39 is 28.5 Å². The molecule has 3 aromatic rings. The monoisotopic (exact) mass is 581 g/mol. The van der Waals surface area contributed by atoms with Gasteiger partial charge in [0.2, 0.25) is 11.8 Å². The van der Waals surface area contributed by atoms with E-state index in [1.165, 1.54) is 17.0 Å². The van der Waals surface area contributed by atoms with E-state index >= 15 is 0 Å². The lowest BCUT2D eigenvalue weighted by atomic mass is 10.1. The van der Waals surface area contributed by atoms with Gasteiger partial charge in [-0.15, -0.1) is 0 Å². The van der Waals surface area contributed by atoms with Crippen LogP contribution >= 0.6 is 0 Å². The lowest BCUT2D eigenvalue weighted by molar-refractivity contribution is -0.139. The second-order valence-corrected chi connectivity index (χ2v) is 11.5. The Kier molecular flexibility index (Phi) is 11.2. The van der Waals surface area contributed by atoms with Gasteiger partial charge in [-0.1, -0.05) is 37.3 Å². The molecule has 10 heteroatoms. The van der Waals surface area contributed by atoms with Crippen LogP contribution in [0.15, 0.2) is 83.8 Å². The highest BCUT2D eigenvalue weighted by molar-refractivity contribution is 7.92. The van der Waals surface area contributed by atoms with Gasteiger partial charge in [0.25, 0.3) is 10.0 Å². The first-order valence-corrected chi connectivity index (χ1v) is 15.1. The number of sulfonamides is 1. The summed E-state index contributed by atoms with van der Waals surface area (Å²) in [4.78, 5) is 28.5. The minimum atomic E-state index is -4.15. The number of hydrogen-bond acceptors (Lipinski definition) is 6. The van der Waals surface area contributed by atoms with Crippen molar-refractivity contribution >= 4 is 27.5 Å². The molecule has 41 heavy (non-hydrogen) atoms. The van der Waals surface area contributed by atoms with Crippen molar-refractivity contribution in [2.75, 3.05) is 24.6 Å². The molecule has 0 saturated carbocycles. The Balaban J connectivity index is 1.98. The average Bonchev–Trinajstić information content (AvgIpc) is 2.99. The fourth-order valence-corrected chi connectivity index (χ4v) is 5.51. The molecule has 0 fully saturated rings. The number of rotatable bonds is 14. The second kappa shape index (κ2) is 14.5. The van der Waals surface area contributed by atoms with Crippen LogP contribution in [0, 0.1) is 0 Å². The van der Waals surface area contributed by atoms with Crippen molar-refractivity contribution in [3.05, 3.63) is 84.4 Å². The van der Waals surface area contributed by atoms with Gasteiger partial charge in [0.05, 0.1) is 24.3 Å². The van der Waals surface area contributed by atoms with Crippen molar-refractivity contribution < 1.29 is 27.5 Å². The van der Waals surface area contributed by atoms with Gasteiger partial charge in [0.15, 0.2) is 0 Å². The summed E-state index contributed by atoms with van der Waals surface area (Å²) in [6.07, 6.45) is 0.729. The molecule has 0 heterocycles. The van der Waals surface area contributed by atoms with Gasteiger partial charge in [-0.2, -0.15) is 0 Å². The summed E-state index contributed by atoms with van der Waals surface area (Å²) in [5, 5.41) is 2.93. The van der Waals surface area contributed by atoms with Gasteiger partial charge in [0.1, 0.15) is 24.1 Å². The first kappa shape index (κ1) is 31.5. The first-order chi connectivity index (χ1) is 19.6. The highest BCUT2D eigenvalue weighted by atomic mass is 32.2. The summed E-state index contributed by atoms with van der Waals surface area (Å²) in [6.45, 7) is 7.38. The van der Waals surface area contributed by atoms with Gasteiger partial charge in [-0.3, -0.25) is 13.9 Å². The van der Waals surface area contributed by atoms with Crippen LogP contribution in [0.25, 0.3) is 0 Å². The van der Waals surface area contributed by atoms with Crippen LogP contribution in [0.4, 0.5) is 5.69 Å². The molecule has 220 valence electrons. The van der Waals surface area contributed by atoms with E-state index in [2.05, 4.69) is 5.32 Å². The molecular formula is C31H39N3O6S. The van der Waals surface area contributed by atoms with Crippen molar-refractivity contribution in [3.8, 4) is 11.5 Å². The number of carbonyl (C=O) groups is 2. The quantitative estimate of drug-likeness (QED) is 0.298. The fraction of sp³-hybridized carbons (Fsp3) is 0.355. The van der Waals surface area contributed by atoms with Crippen molar-refractivity contribution in [2.24, 2.45) is 0 Å². The maximum atomic E-state index is 14.0. The van der Waals surface area contributed by atoms with Crippen LogP contribution in [0.1, 0.15) is 39.7 Å². The normalized spacial score (nSPS) is 12.6. The summed E-state index contributed by atoms with van der Waals surface area (Å²) < 4.78 is 39.6. The number of nitrogens with one attached hydrogen (secondary N) is 1. The third-order valence-electron chi connectivity index (χ3n) is 6.73. The standard InChI is InChI=1S/C31H39N3O6S/c1-6-23(3)32-31(36)24(4)33(21-25-13-15-27(39-5)16-14-25)30(35)22-34(26-11-9-8-10-12-26)41(37,38)29-19-17-28(18-20-29)40-7-2/h8-20,23-24H,6-7,21-22H2,1-5H3,(H,32,36). The Bertz CT molecular complexity index is 1380. The molecule has 2 atom stereocenters. The Labute approximate surface area is 243 Å². The van der Waals surface area contributed by atoms with E-state index in [1.807, 2.05) is 32.9 Å². The van der Waals surface area contributed by atoms with E-state index in [1.54, 1.807) is 68.6 Å². The van der Waals surface area contributed by atoms with E-state index in [0.717, 1.165) is 16.3 Å². The van der Waals surface area contributed by atoms with E-state index in [9.17, 15) is 18.0 Å². The molecule has 0 aliphatic carbocycles. The predicted octanol–water partition coefficient (Wildman–Crippen LogP) is 4.62. The summed E-state index contributed by atoms with van der Waals surface area (Å²) in [6, 6.07) is 20.7. The SMILES string of the molecule is CCOc1ccc(S(=O)(=O)N(CC(=O)N(Cc2ccc(OC)cc2)C(C)C(=O)NC(C)CC)c2ccccc2)cc1. The van der Waals surface area contributed by atoms with Crippen LogP contribution in [-0.2, 0) is 26.2 Å². The number of hydrogen-bond donors (Lipinski definition) is 1. The van der Waals surface area contributed by atoms with Gasteiger partial charge in [-0.05, 0) is 81.3 Å². The summed E-state index contributed by atoms with van der Waals surface area (Å²) in [5.74, 6) is 0.360. The Morgan fingerprint density at radius 3 is 2.05 bits per heavy atom. The zero-order chi connectivity index (χ0) is 30.0. The number of carbonyl (C=O) groups excluding carboxylic acids is 2. The molecule has 0 aromatic heterocycles. The van der Waals surface area contributed by atoms with Crippen LogP contribution in [0.5, 0.6) is 11.5 Å². The lowest BCUT2D eigenvalue weighted by Crippen LogP contribution is -2.52. The molecule has 9 nitrogen and oxygen atoms in total. The van der Waals surface area contributed by atoms with E-state index in [4.69, 9.17) is 9.47 Å². The molecule has 2 amide bonds. The number of para-hydroxylation sites is 1. The maximum absolute atomic E-state index is 14.0. The molecule has 3 aromatic carbocycles. The van der Waals surface area contributed by atoms with Gasteiger partial charge >= 0.3 is 0 Å². The number of benzene rings is 3. The summed E-state index contributed by atoms with van der Waals surface area (Å²) in [5.41, 5.74) is 1.10. The van der Waals surface area contributed by atoms with E-state index in [-0.39, 0.29) is 23.4 Å². The molecule has 3 rings (SSSR count). The summed E-state index contributed by atoms with van der Waals surface area (Å²) >= 11 is 0. The highest BCUT2D eigenvalue weighted by Crippen LogP contribution is 2.26. The van der Waals surface area contributed by atoms with Crippen LogP contribution in [0.2, 0.25) is 0 Å². The third kappa shape index (κ3) is 8.23. The Morgan fingerprint density at radius 1 is 0.878 bits per heavy atom. The van der Waals surface area contributed by atoms with Crippen molar-refractivity contribution in [1.29, 1.82) is 0 Å². The minimum Gasteiger partial charge on any atom is -0.497 e. The zero-order valence-corrected chi connectivity index (χ0v) is 25.1. The average molecular weight is 582 g/mol. The number of amides is 2. The second-order valence-electron chi connectivity index (χ2n) is 9.62. The molecule has 2 unspecified atom stereocenters. The molecule has 0 bridgehead atoms. The Hall–Kier alpha value is -4.05. The number of ether oxygens (including phenoxy) is 2.